The van der Waals surface area contributed by atoms with Crippen LogP contribution in [0.25, 0.3) is 33.8 Å². The zero-order valence-electron chi connectivity index (χ0n) is 16.6. The van der Waals surface area contributed by atoms with E-state index in [0.717, 1.165) is 16.8 Å². The number of benzene rings is 2. The molecule has 4 heterocycles. The second-order valence-electron chi connectivity index (χ2n) is 7.39. The molecule has 3 aromatic heterocycles. The summed E-state index contributed by atoms with van der Waals surface area (Å²) in [7, 11) is 0. The van der Waals surface area contributed by atoms with Gasteiger partial charge in [-0.25, -0.2) is 4.98 Å². The van der Waals surface area contributed by atoms with E-state index < -0.39 is 0 Å². The molecule has 31 heavy (non-hydrogen) atoms. The Kier molecular flexibility index (Phi) is 3.79. The van der Waals surface area contributed by atoms with E-state index >= 15 is 0 Å². The molecule has 0 spiro atoms. The van der Waals surface area contributed by atoms with Crippen LogP contribution in [0.4, 0.5) is 0 Å². The molecule has 2 aromatic carbocycles. The van der Waals surface area contributed by atoms with E-state index in [1.807, 2.05) is 55.5 Å². The number of hydrogen-bond acceptors (Lipinski definition) is 6. The number of fused-ring (bicyclic) bond motifs is 4. The van der Waals surface area contributed by atoms with Gasteiger partial charge in [0.05, 0.1) is 10.9 Å². The summed E-state index contributed by atoms with van der Waals surface area (Å²) in [5, 5.41) is 5.08. The summed E-state index contributed by atoms with van der Waals surface area (Å²) in [6.45, 7) is 3.06. The van der Waals surface area contributed by atoms with Crippen LogP contribution >= 0.6 is 0 Å². The second kappa shape index (κ2) is 6.66. The van der Waals surface area contributed by atoms with Crippen molar-refractivity contribution in [1.29, 1.82) is 0 Å². The van der Waals surface area contributed by atoms with Crippen LogP contribution in [0.1, 0.15) is 5.56 Å². The fourth-order valence-electron chi connectivity index (χ4n) is 3.73. The maximum absolute atomic E-state index is 13.1. The molecule has 5 aromatic rings. The molecule has 8 heteroatoms. The summed E-state index contributed by atoms with van der Waals surface area (Å²) in [5.74, 6) is 2.30. The first-order chi connectivity index (χ1) is 15.2. The van der Waals surface area contributed by atoms with E-state index in [1.54, 1.807) is 21.5 Å². The largest absolute Gasteiger partial charge is 0.486 e. The van der Waals surface area contributed by atoms with Crippen LogP contribution in [0.5, 0.6) is 11.5 Å². The third kappa shape index (κ3) is 2.83. The Balaban J connectivity index is 1.49. The smallest absolute Gasteiger partial charge is 0.266 e. The van der Waals surface area contributed by atoms with Crippen LogP contribution in [0.3, 0.4) is 0 Å². The Morgan fingerprint density at radius 3 is 2.61 bits per heavy atom. The van der Waals surface area contributed by atoms with Crippen molar-refractivity contribution in [2.24, 2.45) is 0 Å². The Morgan fingerprint density at radius 1 is 0.968 bits per heavy atom. The minimum Gasteiger partial charge on any atom is -0.486 e. The topological polar surface area (TPSA) is 83.5 Å². The zero-order chi connectivity index (χ0) is 20.9. The van der Waals surface area contributed by atoms with Crippen molar-refractivity contribution < 1.29 is 9.47 Å². The van der Waals surface area contributed by atoms with E-state index in [1.165, 1.54) is 0 Å². The molecule has 0 aliphatic carbocycles. The van der Waals surface area contributed by atoms with Crippen molar-refractivity contribution in [2.75, 3.05) is 13.2 Å². The minimum atomic E-state index is -0.160. The molecule has 0 radical (unpaired) electrons. The van der Waals surface area contributed by atoms with E-state index in [4.69, 9.17) is 9.47 Å². The first-order valence-electron chi connectivity index (χ1n) is 9.92. The average Bonchev–Trinajstić information content (AvgIpc) is 3.25. The van der Waals surface area contributed by atoms with Crippen molar-refractivity contribution in [3.8, 4) is 28.6 Å². The molecule has 0 atom stereocenters. The predicted octanol–water partition coefficient (Wildman–Crippen LogP) is 3.18. The lowest BCUT2D eigenvalue weighted by Gasteiger charge is -2.18. The van der Waals surface area contributed by atoms with Gasteiger partial charge in [-0.1, -0.05) is 17.7 Å². The van der Waals surface area contributed by atoms with Crippen molar-refractivity contribution in [3.63, 3.8) is 0 Å². The standard InChI is InChI=1S/C23H17N5O3/c1-14-2-5-16(6-3-14)27-9-8-18-17(22(27)29)13-24-23-25-21(26-28(18)23)15-4-7-19-20(12-15)31-11-10-30-19/h2-9,12-13H,10-11H2,1H3. The van der Waals surface area contributed by atoms with Gasteiger partial charge in [-0.2, -0.15) is 9.50 Å². The quantitative estimate of drug-likeness (QED) is 0.444. The zero-order valence-corrected chi connectivity index (χ0v) is 16.6. The molecule has 0 N–H and O–H groups in total. The van der Waals surface area contributed by atoms with Gasteiger partial charge in [0.25, 0.3) is 11.3 Å². The lowest BCUT2D eigenvalue weighted by atomic mass is 10.2. The second-order valence-corrected chi connectivity index (χ2v) is 7.39. The number of aromatic nitrogens is 5. The summed E-state index contributed by atoms with van der Waals surface area (Å²) in [5.41, 5.74) is 3.21. The summed E-state index contributed by atoms with van der Waals surface area (Å²) in [6.07, 6.45) is 3.31. The lowest BCUT2D eigenvalue weighted by molar-refractivity contribution is 0.171. The molecular formula is C23H17N5O3. The van der Waals surface area contributed by atoms with Gasteiger partial charge in [0.2, 0.25) is 0 Å². The van der Waals surface area contributed by atoms with E-state index in [9.17, 15) is 4.79 Å². The van der Waals surface area contributed by atoms with Gasteiger partial charge < -0.3 is 9.47 Å². The number of pyridine rings is 1. The van der Waals surface area contributed by atoms with Gasteiger partial charge >= 0.3 is 0 Å². The summed E-state index contributed by atoms with van der Waals surface area (Å²) < 4.78 is 14.4. The summed E-state index contributed by atoms with van der Waals surface area (Å²) in [4.78, 5) is 22.0. The fraction of sp³-hybridized carbons (Fsp3) is 0.130. The number of nitrogens with zero attached hydrogens (tertiary/aromatic N) is 5. The summed E-state index contributed by atoms with van der Waals surface area (Å²) >= 11 is 0. The van der Waals surface area contributed by atoms with Gasteiger partial charge in [-0.15, -0.1) is 5.10 Å². The van der Waals surface area contributed by atoms with E-state index in [0.29, 0.717) is 47.2 Å². The third-order valence-corrected chi connectivity index (χ3v) is 5.35. The van der Waals surface area contributed by atoms with Crippen molar-refractivity contribution in [1.82, 2.24) is 24.1 Å². The highest BCUT2D eigenvalue weighted by atomic mass is 16.6. The third-order valence-electron chi connectivity index (χ3n) is 5.35. The molecule has 0 amide bonds. The maximum atomic E-state index is 13.1. The minimum absolute atomic E-state index is 0.160. The van der Waals surface area contributed by atoms with Gasteiger partial charge in [-0.05, 0) is 43.3 Å². The van der Waals surface area contributed by atoms with Crippen LogP contribution in [-0.2, 0) is 0 Å². The van der Waals surface area contributed by atoms with Crippen molar-refractivity contribution >= 4 is 16.7 Å². The highest BCUT2D eigenvalue weighted by Gasteiger charge is 2.16. The monoisotopic (exact) mass is 411 g/mol. The molecule has 0 fully saturated rings. The fourth-order valence-corrected chi connectivity index (χ4v) is 3.73. The molecule has 152 valence electrons. The highest BCUT2D eigenvalue weighted by molar-refractivity contribution is 5.79. The van der Waals surface area contributed by atoms with Crippen LogP contribution in [-0.4, -0.2) is 37.4 Å². The average molecular weight is 411 g/mol. The first kappa shape index (κ1) is 17.6. The molecule has 8 nitrogen and oxygen atoms in total. The molecule has 0 saturated carbocycles. The van der Waals surface area contributed by atoms with Gasteiger partial charge in [0, 0.05) is 23.6 Å². The SMILES string of the molecule is Cc1ccc(-n2ccc3c(cnc4nc(-c5ccc6c(c5)OCCO6)nn43)c2=O)cc1. The molecule has 6 rings (SSSR count). The molecule has 0 bridgehead atoms. The first-order valence-corrected chi connectivity index (χ1v) is 9.92. The van der Waals surface area contributed by atoms with E-state index in [-0.39, 0.29) is 5.56 Å². The van der Waals surface area contributed by atoms with E-state index in [2.05, 4.69) is 15.1 Å². The van der Waals surface area contributed by atoms with Crippen LogP contribution in [0, 0.1) is 6.92 Å². The Morgan fingerprint density at radius 2 is 1.77 bits per heavy atom. The highest BCUT2D eigenvalue weighted by Crippen LogP contribution is 2.33. The number of hydrogen-bond donors (Lipinski definition) is 0. The number of ether oxygens (including phenoxy) is 2. The Labute approximate surface area is 176 Å². The number of rotatable bonds is 2. The Bertz CT molecular complexity index is 1520. The van der Waals surface area contributed by atoms with Crippen LogP contribution in [0.15, 0.2) is 65.7 Å². The van der Waals surface area contributed by atoms with Gasteiger partial charge in [-0.3, -0.25) is 9.36 Å². The Hall–Kier alpha value is -4.20. The lowest BCUT2D eigenvalue weighted by Crippen LogP contribution is -2.18. The molecule has 1 aliphatic rings. The van der Waals surface area contributed by atoms with Crippen LogP contribution in [0.2, 0.25) is 0 Å². The maximum Gasteiger partial charge on any atom is 0.266 e. The van der Waals surface area contributed by atoms with Gasteiger partial charge in [0.1, 0.15) is 13.2 Å². The number of aryl methyl sites for hydroxylation is 1. The molecule has 0 unspecified atom stereocenters. The molecule has 0 saturated heterocycles. The predicted molar refractivity (Wildman–Crippen MR) is 115 cm³/mol. The normalized spacial score (nSPS) is 13.1. The molecular weight excluding hydrogens is 394 g/mol. The van der Waals surface area contributed by atoms with Gasteiger partial charge in [0.15, 0.2) is 17.3 Å². The van der Waals surface area contributed by atoms with Crippen molar-refractivity contribution in [2.45, 2.75) is 6.92 Å². The molecule has 1 aliphatic heterocycles. The summed E-state index contributed by atoms with van der Waals surface area (Å²) in [6, 6.07) is 15.2. The van der Waals surface area contributed by atoms with Crippen LogP contribution < -0.4 is 15.0 Å². The van der Waals surface area contributed by atoms with Crippen molar-refractivity contribution in [3.05, 3.63) is 76.8 Å².